The highest BCUT2D eigenvalue weighted by molar-refractivity contribution is 9.10. The molecule has 1 aliphatic rings. The Balaban J connectivity index is 2.13. The Labute approximate surface area is 109 Å². The zero-order valence-corrected chi connectivity index (χ0v) is 11.4. The Kier molecular flexibility index (Phi) is 4.18. The van der Waals surface area contributed by atoms with Gasteiger partial charge in [-0.3, -0.25) is 4.79 Å². The van der Waals surface area contributed by atoms with Gasteiger partial charge in [0.1, 0.15) is 11.5 Å². The second kappa shape index (κ2) is 5.65. The van der Waals surface area contributed by atoms with Crippen molar-refractivity contribution in [1.29, 1.82) is 0 Å². The molecule has 0 N–H and O–H groups in total. The molecule has 0 spiro atoms. The number of ether oxygens (including phenoxy) is 2. The van der Waals surface area contributed by atoms with E-state index in [1.165, 1.54) is 5.56 Å². The summed E-state index contributed by atoms with van der Waals surface area (Å²) in [5.74, 6) is 1.08. The molecule has 0 amide bonds. The lowest BCUT2D eigenvalue weighted by Crippen LogP contribution is -2.07. The first kappa shape index (κ1) is 12.6. The first-order chi connectivity index (χ1) is 8.20. The summed E-state index contributed by atoms with van der Waals surface area (Å²) in [6, 6.07) is 4.03. The molecule has 92 valence electrons. The third kappa shape index (κ3) is 3.07. The minimum Gasteiger partial charge on any atom is -0.493 e. The average Bonchev–Trinajstić information content (AvgIpc) is 2.74. The van der Waals surface area contributed by atoms with E-state index < -0.39 is 0 Å². The molecule has 0 aliphatic carbocycles. The van der Waals surface area contributed by atoms with E-state index in [9.17, 15) is 4.79 Å². The van der Waals surface area contributed by atoms with Crippen LogP contribution in [0.15, 0.2) is 16.6 Å². The smallest absolute Gasteiger partial charge is 0.139 e. The molecular formula is C13H15BrO3. The lowest BCUT2D eigenvalue weighted by Gasteiger charge is -2.08. The number of fused-ring (bicyclic) bond motifs is 1. The van der Waals surface area contributed by atoms with Crippen molar-refractivity contribution >= 4 is 21.7 Å². The van der Waals surface area contributed by atoms with Gasteiger partial charge in [-0.15, -0.1) is 0 Å². The van der Waals surface area contributed by atoms with Crippen molar-refractivity contribution in [1.82, 2.24) is 0 Å². The Bertz CT molecular complexity index is 429. The highest BCUT2D eigenvalue weighted by atomic mass is 79.9. The van der Waals surface area contributed by atoms with E-state index in [4.69, 9.17) is 9.47 Å². The molecular weight excluding hydrogens is 284 g/mol. The standard InChI is InChI=1S/C13H15BrO3/c1-16-4-3-12(15)8-10-7-11(14)6-9-2-5-17-13(9)10/h6-7H,2-5,8H2,1H3. The van der Waals surface area contributed by atoms with Crippen LogP contribution < -0.4 is 4.74 Å². The molecule has 2 rings (SSSR count). The fraction of sp³-hybridized carbons (Fsp3) is 0.462. The second-order valence-corrected chi connectivity index (χ2v) is 5.03. The van der Waals surface area contributed by atoms with Crippen LogP contribution in [0.1, 0.15) is 17.5 Å². The molecule has 1 aliphatic heterocycles. The fourth-order valence-corrected chi connectivity index (χ4v) is 2.55. The summed E-state index contributed by atoms with van der Waals surface area (Å²) in [6.45, 7) is 1.20. The number of hydrogen-bond acceptors (Lipinski definition) is 3. The Morgan fingerprint density at radius 3 is 3.12 bits per heavy atom. The van der Waals surface area contributed by atoms with Crippen LogP contribution in [-0.2, 0) is 22.4 Å². The van der Waals surface area contributed by atoms with Crippen molar-refractivity contribution < 1.29 is 14.3 Å². The molecule has 4 heteroatoms. The van der Waals surface area contributed by atoms with Gasteiger partial charge in [0.05, 0.1) is 13.2 Å². The number of carbonyl (C=O) groups excluding carboxylic acids is 1. The Morgan fingerprint density at radius 1 is 1.53 bits per heavy atom. The minimum absolute atomic E-state index is 0.183. The summed E-state index contributed by atoms with van der Waals surface area (Å²) in [6.07, 6.45) is 1.80. The van der Waals surface area contributed by atoms with E-state index in [0.717, 1.165) is 22.2 Å². The quantitative estimate of drug-likeness (QED) is 0.838. The maximum absolute atomic E-state index is 11.7. The molecule has 0 radical (unpaired) electrons. The molecule has 17 heavy (non-hydrogen) atoms. The van der Waals surface area contributed by atoms with Crippen molar-refractivity contribution in [2.75, 3.05) is 20.3 Å². The largest absolute Gasteiger partial charge is 0.493 e. The normalized spacial score (nSPS) is 13.3. The summed E-state index contributed by atoms with van der Waals surface area (Å²) in [7, 11) is 1.60. The van der Waals surface area contributed by atoms with Gasteiger partial charge in [-0.2, -0.15) is 0 Å². The summed E-state index contributed by atoms with van der Waals surface area (Å²) in [4.78, 5) is 11.7. The van der Waals surface area contributed by atoms with Crippen LogP contribution in [0.4, 0.5) is 0 Å². The maximum atomic E-state index is 11.7. The molecule has 0 bridgehead atoms. The molecule has 0 saturated heterocycles. The number of ketones is 1. The third-order valence-electron chi connectivity index (χ3n) is 2.80. The average molecular weight is 299 g/mol. The van der Waals surface area contributed by atoms with Crippen LogP contribution in [0.2, 0.25) is 0 Å². The van der Waals surface area contributed by atoms with Crippen LogP contribution in [0, 0.1) is 0 Å². The minimum atomic E-state index is 0.183. The maximum Gasteiger partial charge on any atom is 0.139 e. The zero-order chi connectivity index (χ0) is 12.3. The predicted molar refractivity (Wildman–Crippen MR) is 68.5 cm³/mol. The molecule has 1 heterocycles. The molecule has 0 fully saturated rings. The van der Waals surface area contributed by atoms with Crippen molar-refractivity contribution in [3.05, 3.63) is 27.7 Å². The molecule has 3 nitrogen and oxygen atoms in total. The highest BCUT2D eigenvalue weighted by Crippen LogP contribution is 2.33. The summed E-state index contributed by atoms with van der Waals surface area (Å²) in [5.41, 5.74) is 2.17. The Hall–Kier alpha value is -0.870. The lowest BCUT2D eigenvalue weighted by atomic mass is 10.0. The van der Waals surface area contributed by atoms with Gasteiger partial charge in [0, 0.05) is 36.4 Å². The van der Waals surface area contributed by atoms with Gasteiger partial charge in [-0.1, -0.05) is 15.9 Å². The fourth-order valence-electron chi connectivity index (χ4n) is 1.99. The van der Waals surface area contributed by atoms with Gasteiger partial charge in [-0.25, -0.2) is 0 Å². The third-order valence-corrected chi connectivity index (χ3v) is 3.26. The van der Waals surface area contributed by atoms with Crippen molar-refractivity contribution in [2.24, 2.45) is 0 Å². The first-order valence-electron chi connectivity index (χ1n) is 5.65. The number of halogens is 1. The van der Waals surface area contributed by atoms with E-state index in [1.807, 2.05) is 6.07 Å². The van der Waals surface area contributed by atoms with Crippen LogP contribution >= 0.6 is 15.9 Å². The second-order valence-electron chi connectivity index (χ2n) is 4.11. The van der Waals surface area contributed by atoms with Gasteiger partial charge in [-0.05, 0) is 17.7 Å². The van der Waals surface area contributed by atoms with E-state index in [1.54, 1.807) is 7.11 Å². The van der Waals surface area contributed by atoms with Crippen LogP contribution in [0.25, 0.3) is 0 Å². The van der Waals surface area contributed by atoms with Crippen molar-refractivity contribution in [3.8, 4) is 5.75 Å². The van der Waals surface area contributed by atoms with Gasteiger partial charge < -0.3 is 9.47 Å². The van der Waals surface area contributed by atoms with E-state index in [2.05, 4.69) is 22.0 Å². The van der Waals surface area contributed by atoms with Crippen LogP contribution in [-0.4, -0.2) is 26.1 Å². The van der Waals surface area contributed by atoms with E-state index in [0.29, 0.717) is 26.1 Å². The number of methoxy groups -OCH3 is 1. The zero-order valence-electron chi connectivity index (χ0n) is 9.79. The predicted octanol–water partition coefficient (Wildman–Crippen LogP) is 2.53. The van der Waals surface area contributed by atoms with Crippen molar-refractivity contribution in [2.45, 2.75) is 19.3 Å². The summed E-state index contributed by atoms with van der Waals surface area (Å²) in [5, 5.41) is 0. The molecule has 1 aromatic rings. The van der Waals surface area contributed by atoms with E-state index in [-0.39, 0.29) is 5.78 Å². The van der Waals surface area contributed by atoms with Gasteiger partial charge in [0.2, 0.25) is 0 Å². The summed E-state index contributed by atoms with van der Waals surface area (Å²) < 4.78 is 11.5. The van der Waals surface area contributed by atoms with E-state index >= 15 is 0 Å². The van der Waals surface area contributed by atoms with Gasteiger partial charge in [0.25, 0.3) is 0 Å². The number of benzene rings is 1. The van der Waals surface area contributed by atoms with Crippen LogP contribution in [0.5, 0.6) is 5.75 Å². The lowest BCUT2D eigenvalue weighted by molar-refractivity contribution is -0.119. The SMILES string of the molecule is COCCC(=O)Cc1cc(Br)cc2c1OCC2. The molecule has 0 aromatic heterocycles. The van der Waals surface area contributed by atoms with Gasteiger partial charge >= 0.3 is 0 Å². The number of rotatable bonds is 5. The van der Waals surface area contributed by atoms with Crippen molar-refractivity contribution in [3.63, 3.8) is 0 Å². The monoisotopic (exact) mass is 298 g/mol. The summed E-state index contributed by atoms with van der Waals surface area (Å²) >= 11 is 3.47. The number of Topliss-reactive ketones (excluding diaryl/α,β-unsaturated/α-hetero) is 1. The highest BCUT2D eigenvalue weighted by Gasteiger charge is 2.18. The first-order valence-corrected chi connectivity index (χ1v) is 6.44. The molecule has 0 saturated carbocycles. The Morgan fingerprint density at radius 2 is 2.35 bits per heavy atom. The topological polar surface area (TPSA) is 35.5 Å². The molecule has 0 unspecified atom stereocenters. The van der Waals surface area contributed by atoms with Crippen LogP contribution in [0.3, 0.4) is 0 Å². The number of hydrogen-bond donors (Lipinski definition) is 0. The molecule has 0 atom stereocenters. The number of carbonyl (C=O) groups is 1. The molecule has 1 aromatic carbocycles. The van der Waals surface area contributed by atoms with Gasteiger partial charge in [0.15, 0.2) is 0 Å².